The Hall–Kier alpha value is -2.44. The highest BCUT2D eigenvalue weighted by Crippen LogP contribution is 2.38. The summed E-state index contributed by atoms with van der Waals surface area (Å²) in [6.45, 7) is 3.99. The molecule has 0 spiro atoms. The van der Waals surface area contributed by atoms with Crippen molar-refractivity contribution in [1.29, 1.82) is 0 Å². The second-order valence-electron chi connectivity index (χ2n) is 7.92. The zero-order chi connectivity index (χ0) is 24.9. The van der Waals surface area contributed by atoms with E-state index in [1.165, 1.54) is 28.4 Å². The Bertz CT molecular complexity index is 1210. The molecule has 2 N–H and O–H groups in total. The molecule has 1 aromatic carbocycles. The summed E-state index contributed by atoms with van der Waals surface area (Å²) in [5, 5.41) is 0. The van der Waals surface area contributed by atoms with Crippen LogP contribution in [0.2, 0.25) is 0 Å². The molecule has 0 radical (unpaired) electrons. The Labute approximate surface area is 215 Å². The number of rotatable bonds is 8. The van der Waals surface area contributed by atoms with Crippen molar-refractivity contribution in [2.75, 3.05) is 39.4 Å². The number of ether oxygens (including phenoxy) is 1. The highest BCUT2D eigenvalue weighted by atomic mass is 32.2. The van der Waals surface area contributed by atoms with Crippen molar-refractivity contribution in [2.24, 2.45) is 5.73 Å². The van der Waals surface area contributed by atoms with Crippen LogP contribution < -0.4 is 5.73 Å². The molecule has 4 rings (SSSR count). The fourth-order valence-corrected chi connectivity index (χ4v) is 6.08. The summed E-state index contributed by atoms with van der Waals surface area (Å²) in [4.78, 5) is 29.6. The Kier molecular flexibility index (Phi) is 8.45. The van der Waals surface area contributed by atoms with Crippen molar-refractivity contribution < 1.29 is 23.1 Å². The van der Waals surface area contributed by atoms with Crippen molar-refractivity contribution in [3.8, 4) is 11.1 Å². The molecular formula is C24H23F2N3O3S3. The lowest BCUT2D eigenvalue weighted by atomic mass is 10.1. The first kappa shape index (κ1) is 25.6. The Morgan fingerprint density at radius 3 is 2.69 bits per heavy atom. The van der Waals surface area contributed by atoms with Crippen LogP contribution in [-0.4, -0.2) is 65.3 Å². The summed E-state index contributed by atoms with van der Waals surface area (Å²) in [5.41, 5.74) is 6.48. The molecule has 0 atom stereocenters. The maximum Gasteiger partial charge on any atom is 0.266 e. The van der Waals surface area contributed by atoms with E-state index in [0.717, 1.165) is 52.8 Å². The molecule has 0 saturated carbocycles. The zero-order valence-corrected chi connectivity index (χ0v) is 21.1. The first-order valence-electron chi connectivity index (χ1n) is 10.9. The van der Waals surface area contributed by atoms with Gasteiger partial charge in [0.1, 0.15) is 4.32 Å². The van der Waals surface area contributed by atoms with E-state index in [0.29, 0.717) is 28.0 Å². The predicted molar refractivity (Wildman–Crippen MR) is 140 cm³/mol. The second-order valence-corrected chi connectivity index (χ2v) is 10.7. The van der Waals surface area contributed by atoms with Gasteiger partial charge in [-0.3, -0.25) is 19.4 Å². The monoisotopic (exact) mass is 535 g/mol. The normalized spacial score (nSPS) is 18.3. The molecule has 6 nitrogen and oxygen atoms in total. The van der Waals surface area contributed by atoms with Gasteiger partial charge < -0.3 is 10.5 Å². The minimum absolute atomic E-state index is 0.0249. The molecule has 0 aliphatic carbocycles. The first-order chi connectivity index (χ1) is 16.8. The molecule has 2 amide bonds. The molecule has 1 aromatic heterocycles. The predicted octanol–water partition coefficient (Wildman–Crippen LogP) is 4.12. The van der Waals surface area contributed by atoms with Crippen LogP contribution in [0.1, 0.15) is 16.2 Å². The van der Waals surface area contributed by atoms with Crippen molar-refractivity contribution in [2.45, 2.75) is 6.42 Å². The molecule has 2 fully saturated rings. The Morgan fingerprint density at radius 1 is 1.20 bits per heavy atom. The molecule has 0 unspecified atom stereocenters. The van der Waals surface area contributed by atoms with Gasteiger partial charge in [0.2, 0.25) is 5.91 Å². The molecule has 11 heteroatoms. The van der Waals surface area contributed by atoms with Gasteiger partial charge in [-0.05, 0) is 35.9 Å². The van der Waals surface area contributed by atoms with E-state index in [1.54, 1.807) is 6.08 Å². The standard InChI is InChI=1S/C24H23F2N3O3S3/c25-18-4-3-15(12-19(18)26)17-13-16(34-20(17)2-1-6-28-8-10-32-11-9-28)14-21-23(31)29(24(33)35-21)7-5-22(27)30/h1-4,12-14H,5-11H2,(H2,27,30). The van der Waals surface area contributed by atoms with Crippen LogP contribution in [0.15, 0.2) is 35.2 Å². The largest absolute Gasteiger partial charge is 0.379 e. The van der Waals surface area contributed by atoms with Crippen LogP contribution in [0.3, 0.4) is 0 Å². The minimum atomic E-state index is -0.922. The molecule has 2 saturated heterocycles. The van der Waals surface area contributed by atoms with Gasteiger partial charge in [0.25, 0.3) is 5.91 Å². The minimum Gasteiger partial charge on any atom is -0.379 e. The number of hydrogen-bond acceptors (Lipinski definition) is 7. The summed E-state index contributed by atoms with van der Waals surface area (Å²) in [5.74, 6) is -2.62. The SMILES string of the molecule is NC(=O)CCN1C(=O)C(=Cc2cc(-c3ccc(F)c(F)c3)c(C=CCN3CCOCC3)s2)SC1=S. The van der Waals surface area contributed by atoms with E-state index in [1.807, 2.05) is 18.2 Å². The average Bonchev–Trinajstić information content (AvgIpc) is 3.35. The molecule has 2 aliphatic heterocycles. The fraction of sp³-hybridized carbons (Fsp3) is 0.292. The third kappa shape index (κ3) is 6.42. The van der Waals surface area contributed by atoms with E-state index in [2.05, 4.69) is 4.90 Å². The number of primary amides is 1. The van der Waals surface area contributed by atoms with E-state index in [9.17, 15) is 18.4 Å². The van der Waals surface area contributed by atoms with Crippen molar-refractivity contribution >= 4 is 63.6 Å². The Balaban J connectivity index is 1.61. The number of morpholine rings is 1. The number of carbonyl (C=O) groups is 2. The maximum absolute atomic E-state index is 14.0. The molecule has 2 aromatic rings. The highest BCUT2D eigenvalue weighted by molar-refractivity contribution is 8.26. The summed E-state index contributed by atoms with van der Waals surface area (Å²) in [6, 6.07) is 5.66. The van der Waals surface area contributed by atoms with Crippen LogP contribution in [0.4, 0.5) is 8.78 Å². The second kappa shape index (κ2) is 11.5. The summed E-state index contributed by atoms with van der Waals surface area (Å²) < 4.78 is 33.2. The van der Waals surface area contributed by atoms with E-state index >= 15 is 0 Å². The van der Waals surface area contributed by atoms with Crippen molar-refractivity contribution in [3.05, 3.63) is 56.6 Å². The average molecular weight is 536 g/mol. The van der Waals surface area contributed by atoms with E-state index in [-0.39, 0.29) is 18.9 Å². The zero-order valence-electron chi connectivity index (χ0n) is 18.7. The summed E-state index contributed by atoms with van der Waals surface area (Å²) >= 11 is 7.89. The topological polar surface area (TPSA) is 75.9 Å². The van der Waals surface area contributed by atoms with Crippen molar-refractivity contribution in [3.63, 3.8) is 0 Å². The number of benzene rings is 1. The third-order valence-electron chi connectivity index (χ3n) is 5.48. The van der Waals surface area contributed by atoms with Gasteiger partial charge in [-0.25, -0.2) is 8.78 Å². The number of halogens is 2. The van der Waals surface area contributed by atoms with Crippen LogP contribution in [-0.2, 0) is 14.3 Å². The number of nitrogens with two attached hydrogens (primary N) is 1. The van der Waals surface area contributed by atoms with E-state index in [4.69, 9.17) is 22.7 Å². The summed E-state index contributed by atoms with van der Waals surface area (Å²) in [7, 11) is 0. The lowest BCUT2D eigenvalue weighted by Crippen LogP contribution is -2.36. The number of hydrogen-bond donors (Lipinski definition) is 1. The number of thiophene rings is 1. The number of thiocarbonyl (C=S) groups is 1. The fourth-order valence-electron chi connectivity index (χ4n) is 3.65. The number of thioether (sulfide) groups is 1. The number of carbonyl (C=O) groups excluding carboxylic acids is 2. The smallest absolute Gasteiger partial charge is 0.266 e. The van der Waals surface area contributed by atoms with Gasteiger partial charge in [0.05, 0.1) is 18.1 Å². The number of nitrogens with zero attached hydrogens (tertiary/aromatic N) is 2. The van der Waals surface area contributed by atoms with Crippen molar-refractivity contribution in [1.82, 2.24) is 9.80 Å². The lowest BCUT2D eigenvalue weighted by Gasteiger charge is -2.25. The highest BCUT2D eigenvalue weighted by Gasteiger charge is 2.32. The van der Waals surface area contributed by atoms with Gasteiger partial charge in [-0.2, -0.15) is 0 Å². The molecule has 35 heavy (non-hydrogen) atoms. The maximum atomic E-state index is 14.0. The van der Waals surface area contributed by atoms with Crippen LogP contribution in [0, 0.1) is 11.6 Å². The molecule has 184 valence electrons. The molecule has 3 heterocycles. The van der Waals surface area contributed by atoms with Gasteiger partial charge in [0, 0.05) is 47.9 Å². The first-order valence-corrected chi connectivity index (χ1v) is 13.0. The summed E-state index contributed by atoms with van der Waals surface area (Å²) in [6.07, 6.45) is 5.76. The third-order valence-corrected chi connectivity index (χ3v) is 7.90. The van der Waals surface area contributed by atoms with Crippen LogP contribution in [0.25, 0.3) is 23.3 Å². The number of amides is 2. The Morgan fingerprint density at radius 2 is 1.97 bits per heavy atom. The van der Waals surface area contributed by atoms with Gasteiger partial charge in [-0.1, -0.05) is 36.1 Å². The van der Waals surface area contributed by atoms with Crippen LogP contribution in [0.5, 0.6) is 0 Å². The lowest BCUT2D eigenvalue weighted by molar-refractivity contribution is -0.123. The molecule has 0 bridgehead atoms. The quantitative estimate of drug-likeness (QED) is 0.405. The van der Waals surface area contributed by atoms with Gasteiger partial charge >= 0.3 is 0 Å². The molecular weight excluding hydrogens is 512 g/mol. The van der Waals surface area contributed by atoms with Gasteiger partial charge in [0.15, 0.2) is 11.6 Å². The van der Waals surface area contributed by atoms with Crippen LogP contribution >= 0.6 is 35.3 Å². The van der Waals surface area contributed by atoms with Gasteiger partial charge in [-0.15, -0.1) is 11.3 Å². The molecule has 2 aliphatic rings. The van der Waals surface area contributed by atoms with E-state index < -0.39 is 17.5 Å².